The Morgan fingerprint density at radius 2 is 1.25 bits per heavy atom. The van der Waals surface area contributed by atoms with Crippen LogP contribution in [-0.2, 0) is 19.2 Å². The van der Waals surface area contributed by atoms with Crippen molar-refractivity contribution in [3.63, 3.8) is 0 Å². The van der Waals surface area contributed by atoms with Gasteiger partial charge in [0.1, 0.15) is 11.5 Å². The number of amides is 4. The number of carbonyl (C=O) groups is 4. The molecule has 3 aromatic rings. The molecule has 2 saturated heterocycles. The molecule has 0 radical (unpaired) electrons. The molecular weight excluding hydrogens is 458 g/mol. The first-order chi connectivity index (χ1) is 17.3. The van der Waals surface area contributed by atoms with Crippen molar-refractivity contribution in [1.29, 1.82) is 0 Å². The van der Waals surface area contributed by atoms with E-state index in [9.17, 15) is 19.2 Å². The van der Waals surface area contributed by atoms with E-state index in [-0.39, 0.29) is 11.8 Å². The van der Waals surface area contributed by atoms with E-state index in [1.54, 1.807) is 18.2 Å². The molecule has 180 valence electrons. The summed E-state index contributed by atoms with van der Waals surface area (Å²) >= 11 is 0. The van der Waals surface area contributed by atoms with Gasteiger partial charge in [-0.3, -0.25) is 24.1 Å². The number of hydrogen-bond acceptors (Lipinski definition) is 6. The van der Waals surface area contributed by atoms with E-state index < -0.39 is 35.5 Å². The number of rotatable bonds is 5. The molecule has 1 saturated carbocycles. The van der Waals surface area contributed by atoms with E-state index in [0.29, 0.717) is 17.2 Å². The average Bonchev–Trinajstić information content (AvgIpc) is 3.17. The van der Waals surface area contributed by atoms with Crippen LogP contribution in [0.3, 0.4) is 0 Å². The lowest BCUT2D eigenvalue weighted by molar-refractivity contribution is -0.146. The van der Waals surface area contributed by atoms with E-state index >= 15 is 0 Å². The predicted octanol–water partition coefficient (Wildman–Crippen LogP) is 3.88. The van der Waals surface area contributed by atoms with Crippen molar-refractivity contribution in [2.45, 2.75) is 6.92 Å². The molecular formula is C28H23N3O5. The molecule has 4 atom stereocenters. The Labute approximate surface area is 207 Å². The first kappa shape index (κ1) is 22.0. The first-order valence-electron chi connectivity index (χ1n) is 11.7. The number of para-hydroxylation sites is 1. The minimum Gasteiger partial charge on any atom is -0.457 e. The van der Waals surface area contributed by atoms with Gasteiger partial charge >= 0.3 is 0 Å². The minimum atomic E-state index is -0.761. The number of nitrogens with zero attached hydrogens (tertiary/aromatic N) is 2. The second kappa shape index (κ2) is 8.05. The highest BCUT2D eigenvalue weighted by atomic mass is 16.5. The molecule has 2 aliphatic heterocycles. The zero-order valence-corrected chi connectivity index (χ0v) is 19.7. The van der Waals surface area contributed by atoms with Crippen LogP contribution in [0, 0.1) is 30.6 Å². The van der Waals surface area contributed by atoms with Gasteiger partial charge in [0.05, 0.1) is 29.4 Å². The number of hydrogen-bond donors (Lipinski definition) is 1. The maximum Gasteiger partial charge on any atom is 0.238 e. The fourth-order valence-corrected chi connectivity index (χ4v) is 5.50. The van der Waals surface area contributed by atoms with Crippen molar-refractivity contribution in [2.75, 3.05) is 17.3 Å². The summed E-state index contributed by atoms with van der Waals surface area (Å²) in [6, 6.07) is 22.5. The monoisotopic (exact) mass is 481 g/mol. The maximum absolute atomic E-state index is 13.1. The van der Waals surface area contributed by atoms with E-state index in [1.165, 1.54) is 7.05 Å². The van der Waals surface area contributed by atoms with E-state index in [0.717, 1.165) is 26.7 Å². The Morgan fingerprint density at radius 3 is 1.83 bits per heavy atom. The molecule has 36 heavy (non-hydrogen) atoms. The fourth-order valence-electron chi connectivity index (χ4n) is 5.50. The van der Waals surface area contributed by atoms with Crippen LogP contribution in [0.15, 0.2) is 72.8 Å². The number of ether oxygens (including phenoxy) is 1. The molecule has 3 aromatic carbocycles. The number of fused-ring (bicyclic) bond motifs is 4. The molecule has 2 heterocycles. The molecule has 6 rings (SSSR count). The molecule has 8 nitrogen and oxygen atoms in total. The standard InChI is InChI=1S/C28H23N3O5/c1-15-14-18(31-27(34)23-21-22(24(23)28(31)35)26(33)30(2)25(21)32)10-13-20(15)36-19-11-8-17(9-12-19)29-16-6-4-3-5-7-16/h3-14,21-24,29H,1-2H3. The third-order valence-corrected chi connectivity index (χ3v) is 7.35. The molecule has 0 bridgehead atoms. The van der Waals surface area contributed by atoms with Crippen molar-refractivity contribution in [1.82, 2.24) is 4.90 Å². The number of aryl methyl sites for hydroxylation is 1. The van der Waals surface area contributed by atoms with Crippen molar-refractivity contribution < 1.29 is 23.9 Å². The largest absolute Gasteiger partial charge is 0.457 e. The van der Waals surface area contributed by atoms with Crippen molar-refractivity contribution in [3.8, 4) is 11.5 Å². The van der Waals surface area contributed by atoms with Gasteiger partial charge < -0.3 is 10.1 Å². The van der Waals surface area contributed by atoms with Crippen LogP contribution in [0.2, 0.25) is 0 Å². The summed E-state index contributed by atoms with van der Waals surface area (Å²) in [6.07, 6.45) is 0. The molecule has 3 aliphatic rings. The molecule has 0 aromatic heterocycles. The topological polar surface area (TPSA) is 96.0 Å². The Balaban J connectivity index is 1.18. The number of nitrogens with one attached hydrogen (secondary N) is 1. The van der Waals surface area contributed by atoms with E-state index in [2.05, 4.69) is 5.32 Å². The highest BCUT2D eigenvalue weighted by Gasteiger charge is 2.73. The summed E-state index contributed by atoms with van der Waals surface area (Å²) in [4.78, 5) is 53.2. The Bertz CT molecular complexity index is 1380. The molecule has 4 amide bonds. The summed E-state index contributed by atoms with van der Waals surface area (Å²) in [7, 11) is 1.40. The van der Waals surface area contributed by atoms with Crippen LogP contribution in [0.4, 0.5) is 17.1 Å². The van der Waals surface area contributed by atoms with Gasteiger partial charge in [-0.05, 0) is 67.1 Å². The molecule has 1 N–H and O–H groups in total. The summed E-state index contributed by atoms with van der Waals surface area (Å²) in [5, 5.41) is 3.32. The minimum absolute atomic E-state index is 0.376. The van der Waals surface area contributed by atoms with Gasteiger partial charge in [0.25, 0.3) is 0 Å². The van der Waals surface area contributed by atoms with Crippen molar-refractivity contribution in [3.05, 3.63) is 78.4 Å². The number of carbonyl (C=O) groups excluding carboxylic acids is 4. The average molecular weight is 482 g/mol. The summed E-state index contributed by atoms with van der Waals surface area (Å²) in [5.74, 6) is -3.33. The maximum atomic E-state index is 13.1. The van der Waals surface area contributed by atoms with Crippen molar-refractivity contribution in [2.24, 2.45) is 23.7 Å². The smallest absolute Gasteiger partial charge is 0.238 e. The van der Waals surface area contributed by atoms with Gasteiger partial charge in [-0.15, -0.1) is 0 Å². The van der Waals surface area contributed by atoms with Crippen LogP contribution in [0.25, 0.3) is 0 Å². The van der Waals surface area contributed by atoms with E-state index in [4.69, 9.17) is 4.74 Å². The molecule has 1 aliphatic carbocycles. The Hall–Kier alpha value is -4.46. The van der Waals surface area contributed by atoms with Crippen LogP contribution in [-0.4, -0.2) is 35.6 Å². The summed E-state index contributed by atoms with van der Waals surface area (Å²) < 4.78 is 6.03. The molecule has 4 unspecified atom stereocenters. The van der Waals surface area contributed by atoms with Crippen molar-refractivity contribution >= 4 is 40.7 Å². The summed E-state index contributed by atoms with van der Waals surface area (Å²) in [5.41, 5.74) is 3.07. The lowest BCUT2D eigenvalue weighted by Gasteiger charge is -2.36. The lowest BCUT2D eigenvalue weighted by atomic mass is 9.59. The quantitative estimate of drug-likeness (QED) is 0.556. The van der Waals surface area contributed by atoms with Gasteiger partial charge in [-0.2, -0.15) is 0 Å². The highest BCUT2D eigenvalue weighted by molar-refractivity contribution is 6.27. The predicted molar refractivity (Wildman–Crippen MR) is 132 cm³/mol. The van der Waals surface area contributed by atoms with Crippen LogP contribution < -0.4 is 15.0 Å². The third-order valence-electron chi connectivity index (χ3n) is 7.35. The van der Waals surface area contributed by atoms with E-state index in [1.807, 2.05) is 61.5 Å². The Kier molecular flexibility index (Phi) is 4.93. The lowest BCUT2D eigenvalue weighted by Crippen LogP contribution is -2.50. The van der Waals surface area contributed by atoms with Crippen LogP contribution in [0.5, 0.6) is 11.5 Å². The number of anilines is 3. The normalized spacial score (nSPS) is 24.5. The SMILES string of the molecule is Cc1cc(N2C(=O)C3C4C(=O)N(C)C(=O)C4C3C2=O)ccc1Oc1ccc(Nc2ccccc2)cc1. The second-order valence-electron chi connectivity index (χ2n) is 9.42. The van der Waals surface area contributed by atoms with Gasteiger partial charge in [-0.25, -0.2) is 4.90 Å². The highest BCUT2D eigenvalue weighted by Crippen LogP contribution is 2.56. The van der Waals surface area contributed by atoms with Gasteiger partial charge in [0.2, 0.25) is 23.6 Å². The van der Waals surface area contributed by atoms with Crippen LogP contribution >= 0.6 is 0 Å². The summed E-state index contributed by atoms with van der Waals surface area (Å²) in [6.45, 7) is 1.83. The fraction of sp³-hybridized carbons (Fsp3) is 0.214. The molecule has 0 spiro atoms. The molecule has 3 fully saturated rings. The van der Waals surface area contributed by atoms with Crippen LogP contribution in [0.1, 0.15) is 5.56 Å². The van der Waals surface area contributed by atoms with Gasteiger partial charge in [0.15, 0.2) is 0 Å². The zero-order chi connectivity index (χ0) is 25.1. The number of benzene rings is 3. The second-order valence-corrected chi connectivity index (χ2v) is 9.42. The van der Waals surface area contributed by atoms with Gasteiger partial charge in [0, 0.05) is 18.4 Å². The Morgan fingerprint density at radius 1 is 0.694 bits per heavy atom. The number of imide groups is 2. The number of likely N-dealkylation sites (tertiary alicyclic amines) is 1. The molecule has 8 heteroatoms. The third kappa shape index (κ3) is 3.21. The zero-order valence-electron chi connectivity index (χ0n) is 19.7. The van der Waals surface area contributed by atoms with Gasteiger partial charge in [-0.1, -0.05) is 18.2 Å². The first-order valence-corrected chi connectivity index (χ1v) is 11.7.